The molecule has 2 rings (SSSR count). The van der Waals surface area contributed by atoms with Gasteiger partial charge in [-0.15, -0.1) is 0 Å². The Morgan fingerprint density at radius 2 is 1.06 bits per heavy atom. The van der Waals surface area contributed by atoms with Crippen molar-refractivity contribution in [3.63, 3.8) is 0 Å². The SMILES string of the molecule is CCCCCCCCCCCCCCCC1CC(=O)N1.CCCCCCCCCCCCCCCCCCCC(C)N1C=NCC1.COOS(=O)(=O)O. The zero-order valence-corrected chi connectivity index (χ0v) is 36.1. The zero-order valence-electron chi connectivity index (χ0n) is 35.3. The summed E-state index contributed by atoms with van der Waals surface area (Å²) in [5.74, 6) is 0.240. The minimum Gasteiger partial charge on any atom is -0.358 e. The van der Waals surface area contributed by atoms with E-state index in [1.54, 1.807) is 0 Å². The van der Waals surface area contributed by atoms with Crippen molar-refractivity contribution in [3.05, 3.63) is 0 Å². The van der Waals surface area contributed by atoms with Gasteiger partial charge in [0.15, 0.2) is 0 Å². The van der Waals surface area contributed by atoms with Crippen LogP contribution < -0.4 is 5.32 Å². The molecule has 10 heteroatoms. The average Bonchev–Trinajstić information content (AvgIpc) is 3.66. The van der Waals surface area contributed by atoms with Gasteiger partial charge in [-0.2, -0.15) is 8.42 Å². The summed E-state index contributed by atoms with van der Waals surface area (Å²) in [6.07, 6.45) is 48.4. The first-order chi connectivity index (χ1) is 25.7. The predicted octanol–water partition coefficient (Wildman–Crippen LogP) is 12.5. The highest BCUT2D eigenvalue weighted by molar-refractivity contribution is 7.80. The molecule has 2 aliphatic rings. The highest BCUT2D eigenvalue weighted by Gasteiger charge is 2.23. The summed E-state index contributed by atoms with van der Waals surface area (Å²) >= 11 is 0. The van der Waals surface area contributed by atoms with Gasteiger partial charge in [-0.3, -0.25) is 14.3 Å². The van der Waals surface area contributed by atoms with Gasteiger partial charge in [-0.05, 0) is 19.8 Å². The van der Waals surface area contributed by atoms with Gasteiger partial charge >= 0.3 is 10.4 Å². The van der Waals surface area contributed by atoms with Gasteiger partial charge in [0.2, 0.25) is 5.91 Å². The van der Waals surface area contributed by atoms with E-state index in [0.29, 0.717) is 12.1 Å². The van der Waals surface area contributed by atoms with Gasteiger partial charge in [-0.1, -0.05) is 211 Å². The smallest absolute Gasteiger partial charge is 0.358 e. The lowest BCUT2D eigenvalue weighted by molar-refractivity contribution is -0.179. The molecule has 0 saturated carbocycles. The standard InChI is InChI=1S/C24H48N2.C18H35NO.CH4O5S/c1-3-4-5-6-7-8-9-10-11-12-13-14-15-16-17-18-19-20-24(2)26-22-21-25-23-26;1-2-3-4-5-6-7-8-9-10-11-12-13-14-15-17-16-18(20)19-17;1-5-6-7(2,3)4/h23-24H,3-22H2,1-2H3;17H,2-16H2,1H3,(H,19,20);1H3,(H,2,3,4). The molecule has 0 radical (unpaired) electrons. The molecule has 1 amide bonds. The molecule has 2 unspecified atom stereocenters. The van der Waals surface area contributed by atoms with Crippen molar-refractivity contribution in [1.29, 1.82) is 0 Å². The van der Waals surface area contributed by atoms with E-state index in [2.05, 4.69) is 51.5 Å². The molecule has 2 aliphatic heterocycles. The van der Waals surface area contributed by atoms with Crippen LogP contribution in [0.4, 0.5) is 0 Å². The maximum absolute atomic E-state index is 10.7. The maximum Gasteiger partial charge on any atom is 0.424 e. The molecular formula is C43H87N3O6S. The normalized spacial score (nSPS) is 15.7. The molecule has 1 saturated heterocycles. The van der Waals surface area contributed by atoms with E-state index in [-0.39, 0.29) is 5.91 Å². The molecule has 2 atom stereocenters. The van der Waals surface area contributed by atoms with Gasteiger partial charge in [-0.25, -0.2) is 4.89 Å². The van der Waals surface area contributed by atoms with Crippen molar-refractivity contribution in [3.8, 4) is 0 Å². The molecule has 0 aromatic heterocycles. The molecule has 2 heterocycles. The summed E-state index contributed by atoms with van der Waals surface area (Å²) in [7, 11) is -3.43. The number of unbranched alkanes of at least 4 members (excludes halogenated alkanes) is 28. The molecule has 0 aliphatic carbocycles. The molecule has 0 aromatic carbocycles. The number of nitrogens with zero attached hydrogens (tertiary/aromatic N) is 2. The number of β-lactam (4-membered cyclic amide) rings is 1. The number of aliphatic imine (C=N–C) groups is 1. The first-order valence-electron chi connectivity index (χ1n) is 22.5. The third-order valence-corrected chi connectivity index (χ3v) is 10.9. The Labute approximate surface area is 328 Å². The number of amides is 1. The molecule has 0 bridgehead atoms. The number of nitrogens with one attached hydrogen (secondary N) is 1. The second kappa shape index (κ2) is 39.0. The van der Waals surface area contributed by atoms with Crippen LogP contribution in [0.1, 0.15) is 233 Å². The molecule has 1 fully saturated rings. The van der Waals surface area contributed by atoms with Gasteiger partial charge in [0.05, 0.1) is 20.0 Å². The number of carbonyl (C=O) groups is 1. The Bertz CT molecular complexity index is 912. The number of carbonyl (C=O) groups excluding carboxylic acids is 1. The van der Waals surface area contributed by atoms with Crippen LogP contribution in [-0.2, 0) is 24.4 Å². The second-order valence-corrected chi connectivity index (χ2v) is 16.7. The minimum absolute atomic E-state index is 0.240. The quantitative estimate of drug-likeness (QED) is 0.0216. The topological polar surface area (TPSA) is 118 Å². The van der Waals surface area contributed by atoms with Gasteiger partial charge in [0, 0.05) is 25.0 Å². The van der Waals surface area contributed by atoms with E-state index >= 15 is 0 Å². The van der Waals surface area contributed by atoms with Crippen molar-refractivity contribution >= 4 is 22.6 Å². The lowest BCUT2D eigenvalue weighted by Crippen LogP contribution is -2.48. The number of hydrogen-bond donors (Lipinski definition) is 2. The lowest BCUT2D eigenvalue weighted by atomic mass is 9.98. The van der Waals surface area contributed by atoms with Crippen molar-refractivity contribution < 1.29 is 27.0 Å². The molecule has 0 aromatic rings. The van der Waals surface area contributed by atoms with E-state index in [0.717, 1.165) is 26.6 Å². The summed E-state index contributed by atoms with van der Waals surface area (Å²) in [5.41, 5.74) is 0. The van der Waals surface area contributed by atoms with Crippen molar-refractivity contribution in [1.82, 2.24) is 10.2 Å². The number of rotatable bonds is 35. The second-order valence-electron chi connectivity index (χ2n) is 15.7. The molecule has 316 valence electrons. The summed E-state index contributed by atoms with van der Waals surface area (Å²) in [6.45, 7) is 9.07. The van der Waals surface area contributed by atoms with Crippen molar-refractivity contribution in [2.24, 2.45) is 4.99 Å². The van der Waals surface area contributed by atoms with Gasteiger partial charge in [0.25, 0.3) is 0 Å². The fraction of sp³-hybridized carbons (Fsp3) is 0.953. The summed E-state index contributed by atoms with van der Waals surface area (Å²) < 4.78 is 29.8. The Morgan fingerprint density at radius 3 is 1.34 bits per heavy atom. The van der Waals surface area contributed by atoms with Crippen LogP contribution in [0.25, 0.3) is 0 Å². The number of hydrogen-bond acceptors (Lipinski definition) is 7. The maximum atomic E-state index is 10.7. The van der Waals surface area contributed by atoms with Crippen LogP contribution in [0.5, 0.6) is 0 Å². The molecule has 0 spiro atoms. The Kier molecular flexibility index (Phi) is 38.1. The highest BCUT2D eigenvalue weighted by Crippen LogP contribution is 2.17. The van der Waals surface area contributed by atoms with E-state index < -0.39 is 10.4 Å². The minimum atomic E-state index is -4.40. The van der Waals surface area contributed by atoms with Crippen LogP contribution in [0.2, 0.25) is 0 Å². The molecule has 53 heavy (non-hydrogen) atoms. The van der Waals surface area contributed by atoms with Crippen LogP contribution in [0.15, 0.2) is 4.99 Å². The summed E-state index contributed by atoms with van der Waals surface area (Å²) in [4.78, 5) is 21.0. The van der Waals surface area contributed by atoms with Crippen LogP contribution in [-0.4, -0.2) is 62.4 Å². The Morgan fingerprint density at radius 1 is 0.698 bits per heavy atom. The van der Waals surface area contributed by atoms with E-state index in [1.807, 2.05) is 0 Å². The fourth-order valence-electron chi connectivity index (χ4n) is 7.16. The van der Waals surface area contributed by atoms with Crippen LogP contribution >= 0.6 is 0 Å². The molecule has 2 N–H and O–H groups in total. The molecule has 9 nitrogen and oxygen atoms in total. The third kappa shape index (κ3) is 38.8. The van der Waals surface area contributed by atoms with Crippen molar-refractivity contribution in [2.75, 3.05) is 20.2 Å². The van der Waals surface area contributed by atoms with Crippen LogP contribution in [0, 0.1) is 0 Å². The Hall–Kier alpha value is -1.23. The van der Waals surface area contributed by atoms with Gasteiger partial charge < -0.3 is 10.2 Å². The van der Waals surface area contributed by atoms with Crippen LogP contribution in [0.3, 0.4) is 0 Å². The monoisotopic (exact) mass is 774 g/mol. The van der Waals surface area contributed by atoms with E-state index in [9.17, 15) is 13.2 Å². The Balaban J connectivity index is 0.000000884. The van der Waals surface area contributed by atoms with Gasteiger partial charge in [0.1, 0.15) is 0 Å². The first-order valence-corrected chi connectivity index (χ1v) is 23.8. The fourth-order valence-corrected chi connectivity index (χ4v) is 7.33. The highest BCUT2D eigenvalue weighted by atomic mass is 32.3. The summed E-state index contributed by atoms with van der Waals surface area (Å²) in [5, 5.41) is 2.95. The average molecular weight is 774 g/mol. The lowest BCUT2D eigenvalue weighted by Gasteiger charge is -2.26. The predicted molar refractivity (Wildman–Crippen MR) is 225 cm³/mol. The molecular weight excluding hydrogens is 687 g/mol. The van der Waals surface area contributed by atoms with E-state index in [4.69, 9.17) is 4.55 Å². The first kappa shape index (κ1) is 51.8. The zero-order chi connectivity index (χ0) is 39.1. The van der Waals surface area contributed by atoms with Crippen molar-refractivity contribution in [2.45, 2.75) is 245 Å². The summed E-state index contributed by atoms with van der Waals surface area (Å²) in [6, 6.07) is 1.20. The largest absolute Gasteiger partial charge is 0.424 e. The third-order valence-electron chi connectivity index (χ3n) is 10.6. The van der Waals surface area contributed by atoms with E-state index in [1.165, 1.54) is 205 Å².